The minimum absolute atomic E-state index is 0.0914. The molecule has 1 aromatic carbocycles. The zero-order valence-electron chi connectivity index (χ0n) is 7.27. The van der Waals surface area contributed by atoms with Crippen LogP contribution in [0.15, 0.2) is 30.3 Å². The molecule has 5 heteroatoms. The van der Waals surface area contributed by atoms with Crippen molar-refractivity contribution in [3.63, 3.8) is 0 Å². The van der Waals surface area contributed by atoms with E-state index in [9.17, 15) is 4.79 Å². The van der Waals surface area contributed by atoms with Crippen molar-refractivity contribution in [3.05, 3.63) is 41.7 Å². The Morgan fingerprint density at radius 2 is 2.00 bits per heavy atom. The highest BCUT2D eigenvalue weighted by atomic mass is 16.1. The summed E-state index contributed by atoms with van der Waals surface area (Å²) in [6.07, 6.45) is 0. The molecule has 0 saturated heterocycles. The molecular weight excluding hydrogens is 180 g/mol. The molecule has 5 nitrogen and oxygen atoms in total. The highest BCUT2D eigenvalue weighted by molar-refractivity contribution is 6.06. The van der Waals surface area contributed by atoms with Gasteiger partial charge in [-0.2, -0.15) is 4.98 Å². The van der Waals surface area contributed by atoms with Gasteiger partial charge in [0.25, 0.3) is 0 Å². The number of benzene rings is 1. The Morgan fingerprint density at radius 1 is 1.29 bits per heavy atom. The highest BCUT2D eigenvalue weighted by Gasteiger charge is 2.12. The van der Waals surface area contributed by atoms with Crippen LogP contribution in [0.5, 0.6) is 0 Å². The number of nitrogens with two attached hydrogens (primary N) is 1. The molecule has 0 radical (unpaired) electrons. The number of hydrogen-bond acceptors (Lipinski definition) is 4. The van der Waals surface area contributed by atoms with Crippen molar-refractivity contribution in [2.75, 3.05) is 5.73 Å². The Hall–Kier alpha value is -2.17. The fraction of sp³-hybridized carbons (Fsp3) is 0. The molecule has 2 rings (SSSR count). The quantitative estimate of drug-likeness (QED) is 0.676. The Balaban J connectivity index is 2.34. The molecule has 3 N–H and O–H groups in total. The van der Waals surface area contributed by atoms with Crippen molar-refractivity contribution in [2.45, 2.75) is 0 Å². The van der Waals surface area contributed by atoms with E-state index in [1.807, 2.05) is 6.07 Å². The van der Waals surface area contributed by atoms with Gasteiger partial charge in [-0.3, -0.25) is 4.79 Å². The summed E-state index contributed by atoms with van der Waals surface area (Å²) in [4.78, 5) is 15.4. The minimum atomic E-state index is -0.237. The fourth-order valence-electron chi connectivity index (χ4n) is 1.09. The lowest BCUT2D eigenvalue weighted by atomic mass is 10.1. The first-order valence-corrected chi connectivity index (χ1v) is 4.05. The monoisotopic (exact) mass is 188 g/mol. The maximum absolute atomic E-state index is 11.7. The van der Waals surface area contributed by atoms with Gasteiger partial charge < -0.3 is 5.73 Å². The van der Waals surface area contributed by atoms with Crippen LogP contribution < -0.4 is 5.73 Å². The Bertz CT molecular complexity index is 449. The summed E-state index contributed by atoms with van der Waals surface area (Å²) in [7, 11) is 0. The zero-order chi connectivity index (χ0) is 9.97. The average Bonchev–Trinajstić information content (AvgIpc) is 2.65. The number of ketones is 1. The molecule has 1 aromatic heterocycles. The molecule has 0 amide bonds. The van der Waals surface area contributed by atoms with Crippen LogP contribution in [-0.2, 0) is 0 Å². The molecule has 0 aliphatic rings. The molecule has 0 unspecified atom stereocenters. The topological polar surface area (TPSA) is 84.7 Å². The van der Waals surface area contributed by atoms with E-state index in [0.29, 0.717) is 5.56 Å². The molecule has 0 bridgehead atoms. The number of hydrogen-bond donors (Lipinski definition) is 2. The molecular formula is C9H8N4O. The van der Waals surface area contributed by atoms with E-state index in [-0.39, 0.29) is 17.6 Å². The number of H-pyrrole nitrogens is 1. The summed E-state index contributed by atoms with van der Waals surface area (Å²) in [5.41, 5.74) is 5.86. The van der Waals surface area contributed by atoms with Crippen molar-refractivity contribution in [1.82, 2.24) is 15.2 Å². The maximum atomic E-state index is 11.7. The zero-order valence-corrected chi connectivity index (χ0v) is 7.27. The van der Waals surface area contributed by atoms with Gasteiger partial charge in [-0.05, 0) is 0 Å². The first-order valence-electron chi connectivity index (χ1n) is 4.05. The van der Waals surface area contributed by atoms with Gasteiger partial charge in [-0.1, -0.05) is 30.3 Å². The van der Waals surface area contributed by atoms with Gasteiger partial charge in [-0.25, -0.2) is 5.10 Å². The number of anilines is 1. The molecule has 0 spiro atoms. The molecule has 70 valence electrons. The van der Waals surface area contributed by atoms with E-state index in [4.69, 9.17) is 5.73 Å². The number of rotatable bonds is 2. The lowest BCUT2D eigenvalue weighted by Gasteiger charge is -1.93. The van der Waals surface area contributed by atoms with Crippen LogP contribution in [0.2, 0.25) is 0 Å². The first kappa shape index (κ1) is 8.43. The lowest BCUT2D eigenvalue weighted by Crippen LogP contribution is -2.03. The molecule has 0 saturated carbocycles. The molecule has 0 fully saturated rings. The van der Waals surface area contributed by atoms with Gasteiger partial charge in [0, 0.05) is 5.56 Å². The minimum Gasteiger partial charge on any atom is -0.368 e. The van der Waals surface area contributed by atoms with Gasteiger partial charge in [-0.15, -0.1) is 5.10 Å². The summed E-state index contributed by atoms with van der Waals surface area (Å²) >= 11 is 0. The normalized spacial score (nSPS) is 10.0. The van der Waals surface area contributed by atoms with Crippen LogP contribution in [-0.4, -0.2) is 21.0 Å². The number of aromatic nitrogens is 3. The van der Waals surface area contributed by atoms with Crippen molar-refractivity contribution in [2.24, 2.45) is 0 Å². The number of carbonyl (C=O) groups is 1. The van der Waals surface area contributed by atoms with Gasteiger partial charge in [0.2, 0.25) is 17.6 Å². The van der Waals surface area contributed by atoms with Crippen LogP contribution >= 0.6 is 0 Å². The van der Waals surface area contributed by atoms with Crippen LogP contribution in [0.1, 0.15) is 16.2 Å². The predicted octanol–water partition coefficient (Wildman–Crippen LogP) is 0.618. The van der Waals surface area contributed by atoms with Crippen molar-refractivity contribution < 1.29 is 4.79 Å². The van der Waals surface area contributed by atoms with E-state index in [0.717, 1.165) is 0 Å². The van der Waals surface area contributed by atoms with Gasteiger partial charge >= 0.3 is 0 Å². The van der Waals surface area contributed by atoms with E-state index >= 15 is 0 Å². The predicted molar refractivity (Wildman–Crippen MR) is 50.7 cm³/mol. The summed E-state index contributed by atoms with van der Waals surface area (Å²) in [6.45, 7) is 0. The maximum Gasteiger partial charge on any atom is 0.232 e. The van der Waals surface area contributed by atoms with Gasteiger partial charge in [0.15, 0.2) is 0 Å². The lowest BCUT2D eigenvalue weighted by molar-refractivity contribution is 0.103. The van der Waals surface area contributed by atoms with Crippen LogP contribution in [0.3, 0.4) is 0 Å². The third-order valence-corrected chi connectivity index (χ3v) is 1.74. The van der Waals surface area contributed by atoms with E-state index in [1.54, 1.807) is 24.3 Å². The van der Waals surface area contributed by atoms with Crippen molar-refractivity contribution in [1.29, 1.82) is 0 Å². The largest absolute Gasteiger partial charge is 0.368 e. The Kier molecular flexibility index (Phi) is 1.98. The van der Waals surface area contributed by atoms with E-state index in [2.05, 4.69) is 15.2 Å². The SMILES string of the molecule is Nc1nc(C(=O)c2ccccc2)n[nH]1. The third-order valence-electron chi connectivity index (χ3n) is 1.74. The van der Waals surface area contributed by atoms with Crippen molar-refractivity contribution in [3.8, 4) is 0 Å². The van der Waals surface area contributed by atoms with Crippen molar-refractivity contribution >= 4 is 11.7 Å². The first-order chi connectivity index (χ1) is 6.77. The number of aromatic amines is 1. The second-order valence-corrected chi connectivity index (χ2v) is 2.74. The highest BCUT2D eigenvalue weighted by Crippen LogP contribution is 2.05. The fourth-order valence-corrected chi connectivity index (χ4v) is 1.09. The summed E-state index contributed by atoms with van der Waals surface area (Å²) in [5.74, 6) is -0.00321. The van der Waals surface area contributed by atoms with Crippen LogP contribution in [0, 0.1) is 0 Å². The summed E-state index contributed by atoms with van der Waals surface area (Å²) < 4.78 is 0. The average molecular weight is 188 g/mol. The van der Waals surface area contributed by atoms with Crippen LogP contribution in [0.25, 0.3) is 0 Å². The summed E-state index contributed by atoms with van der Waals surface area (Å²) in [6, 6.07) is 8.80. The number of nitrogen functional groups attached to an aromatic ring is 1. The molecule has 1 heterocycles. The number of carbonyl (C=O) groups excluding carboxylic acids is 1. The second kappa shape index (κ2) is 3.29. The molecule has 0 atom stereocenters. The Morgan fingerprint density at radius 3 is 2.57 bits per heavy atom. The van der Waals surface area contributed by atoms with E-state index < -0.39 is 0 Å². The number of nitrogens with zero attached hydrogens (tertiary/aromatic N) is 2. The molecule has 14 heavy (non-hydrogen) atoms. The molecule has 0 aliphatic heterocycles. The summed E-state index contributed by atoms with van der Waals surface area (Å²) in [5, 5.41) is 6.10. The van der Waals surface area contributed by atoms with Gasteiger partial charge in [0.05, 0.1) is 0 Å². The van der Waals surface area contributed by atoms with Crippen LogP contribution in [0.4, 0.5) is 5.95 Å². The second-order valence-electron chi connectivity index (χ2n) is 2.74. The Labute approximate surface area is 80.0 Å². The van der Waals surface area contributed by atoms with E-state index in [1.165, 1.54) is 0 Å². The van der Waals surface area contributed by atoms with Gasteiger partial charge in [0.1, 0.15) is 0 Å². The third kappa shape index (κ3) is 1.47. The number of nitrogens with one attached hydrogen (secondary N) is 1. The standard InChI is InChI=1S/C9H8N4O/c10-9-11-8(12-13-9)7(14)6-4-2-1-3-5-6/h1-5H,(H3,10,11,12,13). The molecule has 0 aliphatic carbocycles. The molecule has 2 aromatic rings. The smallest absolute Gasteiger partial charge is 0.232 e.